The quantitative estimate of drug-likeness (QED) is 0.758. The Morgan fingerprint density at radius 1 is 1.26 bits per heavy atom. The van der Waals surface area contributed by atoms with Gasteiger partial charge in [-0.2, -0.15) is 5.10 Å². The molecule has 0 saturated heterocycles. The van der Waals surface area contributed by atoms with Gasteiger partial charge in [-0.3, -0.25) is 4.68 Å². The largest absolute Gasteiger partial charge is 0.390 e. The van der Waals surface area contributed by atoms with E-state index in [9.17, 15) is 9.90 Å². The molecule has 1 aromatic heterocycles. The van der Waals surface area contributed by atoms with Crippen LogP contribution in [0.1, 0.15) is 5.56 Å². The van der Waals surface area contributed by atoms with Crippen LogP contribution in [-0.2, 0) is 6.54 Å². The molecule has 0 bridgehead atoms. The van der Waals surface area contributed by atoms with Gasteiger partial charge in [-0.25, -0.2) is 4.79 Å². The number of benzene rings is 1. The van der Waals surface area contributed by atoms with Crippen LogP contribution in [0.4, 0.5) is 16.2 Å². The number of amides is 2. The van der Waals surface area contributed by atoms with E-state index in [1.807, 2.05) is 50.2 Å². The molecule has 0 aliphatic rings. The minimum atomic E-state index is -0.515. The second-order valence-corrected chi connectivity index (χ2v) is 5.81. The van der Waals surface area contributed by atoms with Gasteiger partial charge in [0.15, 0.2) is 0 Å². The van der Waals surface area contributed by atoms with Crippen LogP contribution in [-0.4, -0.2) is 52.6 Å². The molecule has 0 saturated carbocycles. The van der Waals surface area contributed by atoms with Gasteiger partial charge in [0, 0.05) is 18.4 Å². The maximum Gasteiger partial charge on any atom is 0.323 e. The predicted molar refractivity (Wildman–Crippen MR) is 90.6 cm³/mol. The Hall–Kier alpha value is -2.38. The normalized spacial score (nSPS) is 12.2. The zero-order chi connectivity index (χ0) is 16.8. The van der Waals surface area contributed by atoms with E-state index in [1.54, 1.807) is 17.1 Å². The maximum atomic E-state index is 11.9. The van der Waals surface area contributed by atoms with Crippen LogP contribution < -0.4 is 10.6 Å². The van der Waals surface area contributed by atoms with Gasteiger partial charge < -0.3 is 20.6 Å². The highest BCUT2D eigenvalue weighted by molar-refractivity contribution is 5.99. The Morgan fingerprint density at radius 3 is 2.57 bits per heavy atom. The zero-order valence-corrected chi connectivity index (χ0v) is 13.7. The van der Waals surface area contributed by atoms with Crippen molar-refractivity contribution >= 4 is 17.4 Å². The number of likely N-dealkylation sites (N-methyl/N-ethyl adjacent to an activating group) is 1. The summed E-state index contributed by atoms with van der Waals surface area (Å²) in [5.41, 5.74) is 2.43. The van der Waals surface area contributed by atoms with Crippen LogP contribution in [0.5, 0.6) is 0 Å². The molecule has 0 radical (unpaired) electrons. The fraction of sp³-hybridized carbons (Fsp3) is 0.375. The highest BCUT2D eigenvalue weighted by atomic mass is 16.3. The number of urea groups is 1. The van der Waals surface area contributed by atoms with E-state index in [0.717, 1.165) is 11.3 Å². The number of aromatic nitrogens is 2. The van der Waals surface area contributed by atoms with Crippen LogP contribution >= 0.6 is 0 Å². The number of aliphatic hydroxyl groups excluding tert-OH is 1. The molecule has 124 valence electrons. The summed E-state index contributed by atoms with van der Waals surface area (Å²) in [6, 6.07) is 7.22. The number of nitrogens with one attached hydrogen (secondary N) is 2. The van der Waals surface area contributed by atoms with Crippen LogP contribution in [0.15, 0.2) is 36.7 Å². The third-order valence-electron chi connectivity index (χ3n) is 3.17. The van der Waals surface area contributed by atoms with E-state index < -0.39 is 6.10 Å². The molecule has 0 aliphatic carbocycles. The van der Waals surface area contributed by atoms with Gasteiger partial charge in [0.1, 0.15) is 0 Å². The Kier molecular flexibility index (Phi) is 5.72. The van der Waals surface area contributed by atoms with E-state index in [2.05, 4.69) is 15.7 Å². The van der Waals surface area contributed by atoms with Gasteiger partial charge >= 0.3 is 6.03 Å². The van der Waals surface area contributed by atoms with Crippen molar-refractivity contribution in [1.29, 1.82) is 0 Å². The average molecular weight is 317 g/mol. The molecule has 2 amide bonds. The summed E-state index contributed by atoms with van der Waals surface area (Å²) in [6.45, 7) is 2.92. The molecule has 2 aromatic rings. The molecule has 7 nitrogen and oxygen atoms in total. The lowest BCUT2D eigenvalue weighted by atomic mass is 10.2. The summed E-state index contributed by atoms with van der Waals surface area (Å²) in [4.78, 5) is 13.8. The number of nitrogens with zero attached hydrogens (tertiary/aromatic N) is 3. The smallest absolute Gasteiger partial charge is 0.323 e. The second-order valence-electron chi connectivity index (χ2n) is 5.81. The molecule has 7 heteroatoms. The van der Waals surface area contributed by atoms with Gasteiger partial charge in [0.2, 0.25) is 0 Å². The Morgan fingerprint density at radius 2 is 1.91 bits per heavy atom. The van der Waals surface area contributed by atoms with Crippen LogP contribution in [0.3, 0.4) is 0 Å². The lowest BCUT2D eigenvalue weighted by Gasteiger charge is -2.15. The average Bonchev–Trinajstić information content (AvgIpc) is 2.87. The summed E-state index contributed by atoms with van der Waals surface area (Å²) >= 11 is 0. The van der Waals surface area contributed by atoms with E-state index in [-0.39, 0.29) is 6.03 Å². The fourth-order valence-corrected chi connectivity index (χ4v) is 2.15. The zero-order valence-electron chi connectivity index (χ0n) is 13.7. The Labute approximate surface area is 135 Å². The number of aliphatic hydroxyl groups is 1. The van der Waals surface area contributed by atoms with E-state index >= 15 is 0 Å². The monoisotopic (exact) mass is 317 g/mol. The van der Waals surface area contributed by atoms with E-state index in [0.29, 0.717) is 18.8 Å². The van der Waals surface area contributed by atoms with Crippen molar-refractivity contribution in [3.8, 4) is 0 Å². The molecule has 2 rings (SSSR count). The summed E-state index contributed by atoms with van der Waals surface area (Å²) in [5, 5.41) is 19.5. The van der Waals surface area contributed by atoms with Crippen LogP contribution in [0, 0.1) is 6.92 Å². The maximum absolute atomic E-state index is 11.9. The lowest BCUT2D eigenvalue weighted by molar-refractivity contribution is 0.116. The van der Waals surface area contributed by atoms with Gasteiger partial charge in [-0.05, 0) is 33.2 Å². The SMILES string of the molecule is Cc1ccc(NC(=O)Nc2cnn(CC(O)CN(C)C)c2)cc1. The first-order chi connectivity index (χ1) is 10.9. The minimum Gasteiger partial charge on any atom is -0.390 e. The summed E-state index contributed by atoms with van der Waals surface area (Å²) < 4.78 is 1.61. The van der Waals surface area contributed by atoms with Crippen molar-refractivity contribution < 1.29 is 9.90 Å². The highest BCUT2D eigenvalue weighted by Gasteiger charge is 2.09. The molecular weight excluding hydrogens is 294 g/mol. The molecule has 1 heterocycles. The van der Waals surface area contributed by atoms with Gasteiger partial charge in [-0.1, -0.05) is 17.7 Å². The van der Waals surface area contributed by atoms with Gasteiger partial charge in [0.05, 0.1) is 24.5 Å². The van der Waals surface area contributed by atoms with Crippen LogP contribution in [0.25, 0.3) is 0 Å². The first-order valence-electron chi connectivity index (χ1n) is 7.42. The first kappa shape index (κ1) is 17.0. The van der Waals surface area contributed by atoms with Gasteiger partial charge in [-0.15, -0.1) is 0 Å². The molecule has 1 unspecified atom stereocenters. The third-order valence-corrected chi connectivity index (χ3v) is 3.17. The minimum absolute atomic E-state index is 0.331. The summed E-state index contributed by atoms with van der Waals surface area (Å²) in [6.07, 6.45) is 2.73. The molecule has 1 atom stereocenters. The van der Waals surface area contributed by atoms with Crippen LogP contribution in [0.2, 0.25) is 0 Å². The summed E-state index contributed by atoms with van der Waals surface area (Å²) in [7, 11) is 3.80. The van der Waals surface area contributed by atoms with E-state index in [4.69, 9.17) is 0 Å². The standard InChI is InChI=1S/C16H23N5O2/c1-12-4-6-13(7-5-12)18-16(23)19-14-8-17-21(9-14)11-15(22)10-20(2)3/h4-9,15,22H,10-11H2,1-3H3,(H2,18,19,23). The molecule has 1 aromatic carbocycles. The van der Waals surface area contributed by atoms with Crippen molar-refractivity contribution in [3.05, 3.63) is 42.2 Å². The Balaban J connectivity index is 1.86. The van der Waals surface area contributed by atoms with Gasteiger partial charge in [0.25, 0.3) is 0 Å². The van der Waals surface area contributed by atoms with Crippen molar-refractivity contribution in [2.24, 2.45) is 0 Å². The first-order valence-corrected chi connectivity index (χ1v) is 7.42. The Bertz CT molecular complexity index is 636. The summed E-state index contributed by atoms with van der Waals surface area (Å²) in [5.74, 6) is 0. The van der Waals surface area contributed by atoms with Crippen molar-refractivity contribution in [1.82, 2.24) is 14.7 Å². The lowest BCUT2D eigenvalue weighted by Crippen LogP contribution is -2.29. The molecule has 23 heavy (non-hydrogen) atoms. The van der Waals surface area contributed by atoms with Crippen molar-refractivity contribution in [3.63, 3.8) is 0 Å². The predicted octanol–water partition coefficient (Wildman–Crippen LogP) is 1.76. The molecular formula is C16H23N5O2. The number of aryl methyl sites for hydroxylation is 1. The number of hydrogen-bond donors (Lipinski definition) is 3. The molecule has 0 aliphatic heterocycles. The number of anilines is 2. The number of carbonyl (C=O) groups excluding carboxylic acids is 1. The highest BCUT2D eigenvalue weighted by Crippen LogP contribution is 2.10. The fourth-order valence-electron chi connectivity index (χ4n) is 2.15. The topological polar surface area (TPSA) is 82.4 Å². The molecule has 0 fully saturated rings. The molecule has 0 spiro atoms. The number of carbonyl (C=O) groups is 1. The number of rotatable bonds is 6. The molecule has 3 N–H and O–H groups in total. The van der Waals surface area contributed by atoms with E-state index in [1.165, 1.54) is 0 Å². The van der Waals surface area contributed by atoms with Crippen molar-refractivity contribution in [2.75, 3.05) is 31.3 Å². The third kappa shape index (κ3) is 5.72. The number of hydrogen-bond acceptors (Lipinski definition) is 4. The van der Waals surface area contributed by atoms with Crippen molar-refractivity contribution in [2.45, 2.75) is 19.6 Å². The second kappa shape index (κ2) is 7.75.